The second kappa shape index (κ2) is 9.05. The molecule has 4 amide bonds. The minimum absolute atomic E-state index is 0.0126. The van der Waals surface area contributed by atoms with Gasteiger partial charge < -0.3 is 20.4 Å². The van der Waals surface area contributed by atoms with Gasteiger partial charge in [-0.25, -0.2) is 9.18 Å². The number of nitrogens with zero attached hydrogens (tertiary/aromatic N) is 3. The molecule has 2 saturated heterocycles. The number of hydrogen-bond acceptors (Lipinski definition) is 5. The van der Waals surface area contributed by atoms with E-state index in [0.29, 0.717) is 12.8 Å². The monoisotopic (exact) mass is 445 g/mol. The van der Waals surface area contributed by atoms with Crippen LogP contribution >= 0.6 is 0 Å². The summed E-state index contributed by atoms with van der Waals surface area (Å²) in [7, 11) is 2.08. The van der Waals surface area contributed by atoms with E-state index in [9.17, 15) is 18.8 Å². The first-order chi connectivity index (χ1) is 15.3. The molecule has 4 rings (SSSR count). The average molecular weight is 446 g/mol. The van der Waals surface area contributed by atoms with Gasteiger partial charge in [0.05, 0.1) is 6.04 Å². The van der Waals surface area contributed by atoms with Crippen LogP contribution < -0.4 is 15.5 Å². The van der Waals surface area contributed by atoms with E-state index in [0.717, 1.165) is 55.2 Å². The molecule has 1 unspecified atom stereocenters. The van der Waals surface area contributed by atoms with Crippen molar-refractivity contribution in [1.29, 1.82) is 0 Å². The van der Waals surface area contributed by atoms with Gasteiger partial charge >= 0.3 is 6.03 Å². The molecule has 174 valence electrons. The maximum atomic E-state index is 14.0. The Kier molecular flexibility index (Phi) is 6.37. The van der Waals surface area contributed by atoms with Crippen LogP contribution in [0.15, 0.2) is 18.2 Å². The van der Waals surface area contributed by atoms with Gasteiger partial charge in [-0.05, 0) is 45.0 Å². The van der Waals surface area contributed by atoms with E-state index >= 15 is 0 Å². The molecule has 2 N–H and O–H groups in total. The van der Waals surface area contributed by atoms with Gasteiger partial charge in [-0.15, -0.1) is 0 Å². The molecule has 0 bridgehead atoms. The highest BCUT2D eigenvalue weighted by Crippen LogP contribution is 2.35. The van der Waals surface area contributed by atoms with Crippen LogP contribution in [0, 0.1) is 5.82 Å². The first kappa shape index (κ1) is 22.5. The highest BCUT2D eigenvalue weighted by Gasteiger charge is 2.52. The van der Waals surface area contributed by atoms with Gasteiger partial charge in [0.25, 0.3) is 5.91 Å². The summed E-state index contributed by atoms with van der Waals surface area (Å²) in [6.45, 7) is 5.39. The predicted octanol–water partition coefficient (Wildman–Crippen LogP) is 2.01. The average Bonchev–Trinajstić information content (AvgIpc) is 3.32. The number of imide groups is 1. The highest BCUT2D eigenvalue weighted by molar-refractivity contribution is 6.07. The molecular weight excluding hydrogens is 413 g/mol. The lowest BCUT2D eigenvalue weighted by atomic mass is 9.98. The van der Waals surface area contributed by atoms with Crippen molar-refractivity contribution in [2.45, 2.75) is 50.6 Å². The van der Waals surface area contributed by atoms with Crippen LogP contribution in [0.2, 0.25) is 0 Å². The van der Waals surface area contributed by atoms with Crippen molar-refractivity contribution in [3.63, 3.8) is 0 Å². The maximum absolute atomic E-state index is 14.0. The van der Waals surface area contributed by atoms with E-state index < -0.39 is 17.6 Å². The number of benzene rings is 1. The van der Waals surface area contributed by atoms with Crippen LogP contribution in [0.5, 0.6) is 0 Å². The van der Waals surface area contributed by atoms with E-state index in [1.165, 1.54) is 12.1 Å². The summed E-state index contributed by atoms with van der Waals surface area (Å²) in [5.41, 5.74) is 0.882. The Labute approximate surface area is 188 Å². The smallest absolute Gasteiger partial charge is 0.325 e. The van der Waals surface area contributed by atoms with Crippen LogP contribution in [0.4, 0.5) is 14.9 Å². The number of nitrogens with one attached hydrogen (secondary N) is 2. The van der Waals surface area contributed by atoms with Crippen LogP contribution in [0.3, 0.4) is 0 Å². The van der Waals surface area contributed by atoms with Crippen molar-refractivity contribution in [2.24, 2.45) is 0 Å². The highest BCUT2D eigenvalue weighted by atomic mass is 19.1. The van der Waals surface area contributed by atoms with E-state index in [1.807, 2.05) is 6.92 Å². The number of amides is 4. The summed E-state index contributed by atoms with van der Waals surface area (Å²) < 4.78 is 14.0. The molecule has 2 aliphatic heterocycles. The van der Waals surface area contributed by atoms with Crippen LogP contribution in [0.25, 0.3) is 0 Å². The van der Waals surface area contributed by atoms with Crippen LogP contribution in [0.1, 0.15) is 50.6 Å². The third kappa shape index (κ3) is 4.44. The second-order valence-corrected chi connectivity index (χ2v) is 9.21. The zero-order valence-electron chi connectivity index (χ0n) is 18.8. The fraction of sp³-hybridized carbons (Fsp3) is 0.609. The van der Waals surface area contributed by atoms with Crippen molar-refractivity contribution in [3.05, 3.63) is 29.6 Å². The molecule has 1 aromatic carbocycles. The number of halogens is 1. The molecule has 3 aliphatic rings. The summed E-state index contributed by atoms with van der Waals surface area (Å²) in [5, 5.41) is 5.74. The molecule has 2 heterocycles. The number of anilines is 1. The second-order valence-electron chi connectivity index (χ2n) is 9.21. The van der Waals surface area contributed by atoms with Gasteiger partial charge in [-0.3, -0.25) is 14.5 Å². The molecule has 1 saturated carbocycles. The molecule has 3 fully saturated rings. The predicted molar refractivity (Wildman–Crippen MR) is 119 cm³/mol. The molecule has 0 aromatic heterocycles. The van der Waals surface area contributed by atoms with Gasteiger partial charge in [-0.1, -0.05) is 12.8 Å². The Morgan fingerprint density at radius 3 is 2.56 bits per heavy atom. The first-order valence-corrected chi connectivity index (χ1v) is 11.5. The molecule has 1 aliphatic carbocycles. The van der Waals surface area contributed by atoms with Gasteiger partial charge in [-0.2, -0.15) is 0 Å². The lowest BCUT2D eigenvalue weighted by Gasteiger charge is -2.36. The number of hydrogen-bond donors (Lipinski definition) is 2. The fourth-order valence-electron chi connectivity index (χ4n) is 5.01. The summed E-state index contributed by atoms with van der Waals surface area (Å²) >= 11 is 0. The Hall–Kier alpha value is -2.68. The molecule has 0 radical (unpaired) electrons. The number of carbonyl (C=O) groups excluding carboxylic acids is 3. The van der Waals surface area contributed by atoms with Crippen molar-refractivity contribution in [2.75, 3.05) is 44.7 Å². The largest absolute Gasteiger partial charge is 0.369 e. The fourth-order valence-corrected chi connectivity index (χ4v) is 5.01. The van der Waals surface area contributed by atoms with Crippen molar-refractivity contribution >= 4 is 23.5 Å². The maximum Gasteiger partial charge on any atom is 0.325 e. The minimum atomic E-state index is -0.764. The van der Waals surface area contributed by atoms with Crippen LogP contribution in [-0.2, 0) is 9.59 Å². The zero-order chi connectivity index (χ0) is 22.9. The molecular formula is C23H32FN5O3. The van der Waals surface area contributed by atoms with E-state index in [4.69, 9.17) is 0 Å². The Balaban J connectivity index is 1.37. The quantitative estimate of drug-likeness (QED) is 0.655. The summed E-state index contributed by atoms with van der Waals surface area (Å²) in [6, 6.07) is 3.87. The number of carbonyl (C=O) groups is 3. The molecule has 1 aromatic rings. The molecule has 32 heavy (non-hydrogen) atoms. The summed E-state index contributed by atoms with van der Waals surface area (Å²) in [4.78, 5) is 43.3. The van der Waals surface area contributed by atoms with Crippen LogP contribution in [-0.4, -0.2) is 73.0 Å². The van der Waals surface area contributed by atoms with Gasteiger partial charge in [0.15, 0.2) is 0 Å². The van der Waals surface area contributed by atoms with E-state index in [2.05, 4.69) is 27.5 Å². The third-order valence-electron chi connectivity index (χ3n) is 6.94. The van der Waals surface area contributed by atoms with Gasteiger partial charge in [0.2, 0.25) is 5.91 Å². The van der Waals surface area contributed by atoms with E-state index in [1.54, 1.807) is 6.07 Å². The zero-order valence-corrected chi connectivity index (χ0v) is 18.8. The number of likely N-dealkylation sites (N-methyl/N-ethyl adjacent to an activating group) is 1. The van der Waals surface area contributed by atoms with Crippen molar-refractivity contribution in [3.8, 4) is 0 Å². The molecule has 1 atom stereocenters. The third-order valence-corrected chi connectivity index (χ3v) is 6.94. The summed E-state index contributed by atoms with van der Waals surface area (Å²) in [6.07, 6.45) is 3.17. The molecule has 8 nitrogen and oxygen atoms in total. The normalized spacial score (nSPS) is 21.8. The number of piperazine rings is 1. The molecule has 1 spiro atoms. The summed E-state index contributed by atoms with van der Waals surface area (Å²) in [5.74, 6) is -0.845. The number of urea groups is 1. The van der Waals surface area contributed by atoms with Gasteiger partial charge in [0, 0.05) is 50.4 Å². The Bertz CT molecular complexity index is 894. The Morgan fingerprint density at radius 2 is 1.88 bits per heavy atom. The first-order valence-electron chi connectivity index (χ1n) is 11.5. The van der Waals surface area contributed by atoms with Gasteiger partial charge in [0.1, 0.15) is 11.4 Å². The van der Waals surface area contributed by atoms with Crippen molar-refractivity contribution in [1.82, 2.24) is 20.4 Å². The SMILES string of the molecule is CC(NC(=O)CCN1C(=O)NC2(CCCC2)C1=O)c1cc(F)ccc1N1CCN(C)CC1. The standard InChI is InChI=1S/C23H32FN5O3/c1-16(18-15-17(24)5-6-19(18)28-13-11-27(2)12-14-28)25-20(30)7-10-29-21(31)23(26-22(29)32)8-3-4-9-23/h5-6,15-16H,3-4,7-14H2,1-2H3,(H,25,30)(H,26,32). The van der Waals surface area contributed by atoms with Crippen molar-refractivity contribution < 1.29 is 18.8 Å². The lowest BCUT2D eigenvalue weighted by molar-refractivity contribution is -0.131. The Morgan fingerprint density at radius 1 is 1.19 bits per heavy atom. The minimum Gasteiger partial charge on any atom is -0.369 e. The lowest BCUT2D eigenvalue weighted by Crippen LogP contribution is -2.45. The number of rotatable bonds is 6. The topological polar surface area (TPSA) is 85.0 Å². The molecule has 9 heteroatoms. The van der Waals surface area contributed by atoms with E-state index in [-0.39, 0.29) is 30.6 Å².